The molecule has 4 rings (SSSR count). The lowest BCUT2D eigenvalue weighted by Gasteiger charge is -2.46. The van der Waals surface area contributed by atoms with Gasteiger partial charge in [-0.2, -0.15) is 0 Å². The van der Waals surface area contributed by atoms with Gasteiger partial charge >= 0.3 is 0 Å². The third-order valence-electron chi connectivity index (χ3n) is 6.60. The Bertz CT molecular complexity index is 674. The summed E-state index contributed by atoms with van der Waals surface area (Å²) in [4.78, 5) is 29.9. The van der Waals surface area contributed by atoms with Crippen LogP contribution in [-0.4, -0.2) is 59.9 Å². The second-order valence-corrected chi connectivity index (χ2v) is 8.58. The van der Waals surface area contributed by atoms with Crippen LogP contribution in [0.5, 0.6) is 0 Å². The molecule has 5 nitrogen and oxygen atoms in total. The van der Waals surface area contributed by atoms with Gasteiger partial charge in [-0.1, -0.05) is 36.8 Å². The summed E-state index contributed by atoms with van der Waals surface area (Å²) < 4.78 is 0. The predicted octanol–water partition coefficient (Wildman–Crippen LogP) is 2.21. The highest BCUT2D eigenvalue weighted by Gasteiger charge is 2.46. The van der Waals surface area contributed by atoms with Gasteiger partial charge in [0.05, 0.1) is 11.5 Å². The minimum absolute atomic E-state index is 0.107. The van der Waals surface area contributed by atoms with Crippen molar-refractivity contribution in [2.24, 2.45) is 5.41 Å². The van der Waals surface area contributed by atoms with Crippen LogP contribution in [0.4, 0.5) is 0 Å². The molecule has 0 aromatic heterocycles. The van der Waals surface area contributed by atoms with Crippen molar-refractivity contribution in [2.45, 2.75) is 57.5 Å². The highest BCUT2D eigenvalue weighted by Crippen LogP contribution is 2.45. The monoisotopic (exact) mass is 369 g/mol. The summed E-state index contributed by atoms with van der Waals surface area (Å²) in [7, 11) is 0. The summed E-state index contributed by atoms with van der Waals surface area (Å²) in [5.74, 6) is 0.462. The molecule has 146 valence electrons. The number of rotatable bonds is 6. The largest absolute Gasteiger partial charge is 0.352 e. The summed E-state index contributed by atoms with van der Waals surface area (Å²) >= 11 is 0. The van der Waals surface area contributed by atoms with Crippen LogP contribution in [-0.2, 0) is 16.0 Å². The highest BCUT2D eigenvalue weighted by atomic mass is 16.2. The lowest BCUT2D eigenvalue weighted by molar-refractivity contribution is -0.149. The SMILES string of the molecule is CC(C(=O)NC1CC1)N1CCN(C(=O)C2(Cc3ccccc3)CCC2)CC1. The van der Waals surface area contributed by atoms with Crippen LogP contribution in [0.15, 0.2) is 30.3 Å². The van der Waals surface area contributed by atoms with Crippen LogP contribution in [0, 0.1) is 5.41 Å². The van der Waals surface area contributed by atoms with Gasteiger partial charge in [-0.05, 0) is 44.6 Å². The number of carbonyl (C=O) groups excluding carboxylic acids is 2. The number of benzene rings is 1. The molecule has 1 saturated heterocycles. The van der Waals surface area contributed by atoms with Crippen molar-refractivity contribution in [1.29, 1.82) is 0 Å². The molecule has 1 atom stereocenters. The van der Waals surface area contributed by atoms with E-state index in [2.05, 4.69) is 34.5 Å². The minimum Gasteiger partial charge on any atom is -0.352 e. The molecule has 1 aliphatic heterocycles. The lowest BCUT2D eigenvalue weighted by atomic mass is 9.64. The standard InChI is InChI=1S/C22H31N3O2/c1-17(20(26)23-19-8-9-19)24-12-14-25(15-13-24)21(27)22(10-5-11-22)16-18-6-3-2-4-7-18/h2-4,6-7,17,19H,5,8-16H2,1H3,(H,23,26). The summed E-state index contributed by atoms with van der Waals surface area (Å²) in [6.07, 6.45) is 6.24. The van der Waals surface area contributed by atoms with Crippen molar-refractivity contribution < 1.29 is 9.59 Å². The van der Waals surface area contributed by atoms with E-state index in [1.54, 1.807) is 0 Å². The number of nitrogens with zero attached hydrogens (tertiary/aromatic N) is 2. The van der Waals surface area contributed by atoms with Crippen LogP contribution >= 0.6 is 0 Å². The fraction of sp³-hybridized carbons (Fsp3) is 0.636. The molecule has 2 aliphatic carbocycles. The van der Waals surface area contributed by atoms with E-state index < -0.39 is 0 Å². The normalized spacial score (nSPS) is 23.4. The summed E-state index contributed by atoms with van der Waals surface area (Å²) in [6.45, 7) is 5.02. The first-order valence-electron chi connectivity index (χ1n) is 10.5. The van der Waals surface area contributed by atoms with Crippen molar-refractivity contribution in [2.75, 3.05) is 26.2 Å². The molecule has 1 heterocycles. The maximum absolute atomic E-state index is 13.3. The molecule has 0 radical (unpaired) electrons. The van der Waals surface area contributed by atoms with Crippen LogP contribution < -0.4 is 5.32 Å². The molecule has 2 amide bonds. The fourth-order valence-electron chi connectivity index (χ4n) is 4.42. The quantitative estimate of drug-likeness (QED) is 0.836. The molecule has 3 aliphatic rings. The van der Waals surface area contributed by atoms with Crippen molar-refractivity contribution in [3.05, 3.63) is 35.9 Å². The molecule has 1 aromatic rings. The van der Waals surface area contributed by atoms with E-state index >= 15 is 0 Å². The highest BCUT2D eigenvalue weighted by molar-refractivity contribution is 5.84. The molecule has 5 heteroatoms. The summed E-state index contributed by atoms with van der Waals surface area (Å²) in [6, 6.07) is 10.7. The Morgan fingerprint density at radius 1 is 1.11 bits per heavy atom. The molecule has 3 fully saturated rings. The lowest BCUT2D eigenvalue weighted by Crippen LogP contribution is -2.58. The van der Waals surface area contributed by atoms with Gasteiger partial charge in [0, 0.05) is 32.2 Å². The Balaban J connectivity index is 1.33. The molecular formula is C22H31N3O2. The van der Waals surface area contributed by atoms with Crippen LogP contribution in [0.25, 0.3) is 0 Å². The van der Waals surface area contributed by atoms with E-state index in [9.17, 15) is 9.59 Å². The van der Waals surface area contributed by atoms with Gasteiger partial charge in [0.15, 0.2) is 0 Å². The Kier molecular flexibility index (Phi) is 5.22. The van der Waals surface area contributed by atoms with Gasteiger partial charge in [-0.25, -0.2) is 0 Å². The number of hydrogen-bond donors (Lipinski definition) is 1. The zero-order chi connectivity index (χ0) is 18.9. The van der Waals surface area contributed by atoms with Gasteiger partial charge in [-0.15, -0.1) is 0 Å². The van der Waals surface area contributed by atoms with Crippen molar-refractivity contribution in [1.82, 2.24) is 15.1 Å². The Hall–Kier alpha value is -1.88. The Morgan fingerprint density at radius 3 is 2.33 bits per heavy atom. The average molecular weight is 370 g/mol. The molecular weight excluding hydrogens is 338 g/mol. The number of piperazine rings is 1. The molecule has 2 saturated carbocycles. The first kappa shape index (κ1) is 18.5. The molecule has 1 N–H and O–H groups in total. The van der Waals surface area contributed by atoms with E-state index in [0.717, 1.165) is 64.7 Å². The maximum atomic E-state index is 13.3. The van der Waals surface area contributed by atoms with Gasteiger partial charge < -0.3 is 10.2 Å². The minimum atomic E-state index is -0.196. The van der Waals surface area contributed by atoms with E-state index in [-0.39, 0.29) is 17.4 Å². The van der Waals surface area contributed by atoms with Gasteiger partial charge in [0.25, 0.3) is 0 Å². The summed E-state index contributed by atoms with van der Waals surface area (Å²) in [5, 5.41) is 3.09. The van der Waals surface area contributed by atoms with E-state index in [1.807, 2.05) is 17.9 Å². The van der Waals surface area contributed by atoms with Gasteiger partial charge in [0.1, 0.15) is 0 Å². The topological polar surface area (TPSA) is 52.7 Å². The zero-order valence-corrected chi connectivity index (χ0v) is 16.3. The van der Waals surface area contributed by atoms with Crippen LogP contribution in [0.3, 0.4) is 0 Å². The van der Waals surface area contributed by atoms with Crippen molar-refractivity contribution >= 4 is 11.8 Å². The van der Waals surface area contributed by atoms with Gasteiger partial charge in [0.2, 0.25) is 11.8 Å². The molecule has 1 unspecified atom stereocenters. The Morgan fingerprint density at radius 2 is 1.78 bits per heavy atom. The molecule has 0 bridgehead atoms. The molecule has 1 aromatic carbocycles. The number of nitrogens with one attached hydrogen (secondary N) is 1. The third kappa shape index (κ3) is 4.03. The van der Waals surface area contributed by atoms with E-state index in [0.29, 0.717) is 11.9 Å². The van der Waals surface area contributed by atoms with Crippen molar-refractivity contribution in [3.63, 3.8) is 0 Å². The second kappa shape index (κ2) is 7.63. The number of hydrogen-bond acceptors (Lipinski definition) is 3. The Labute approximate surface area is 162 Å². The van der Waals surface area contributed by atoms with E-state index in [4.69, 9.17) is 0 Å². The zero-order valence-electron chi connectivity index (χ0n) is 16.3. The van der Waals surface area contributed by atoms with Crippen LogP contribution in [0.1, 0.15) is 44.6 Å². The fourth-order valence-corrected chi connectivity index (χ4v) is 4.42. The second-order valence-electron chi connectivity index (χ2n) is 8.58. The predicted molar refractivity (Wildman–Crippen MR) is 105 cm³/mol. The molecule has 0 spiro atoms. The summed E-state index contributed by atoms with van der Waals surface area (Å²) in [5.41, 5.74) is 1.06. The third-order valence-corrected chi connectivity index (χ3v) is 6.60. The average Bonchev–Trinajstić information content (AvgIpc) is 3.48. The maximum Gasteiger partial charge on any atom is 0.237 e. The molecule has 27 heavy (non-hydrogen) atoms. The number of carbonyl (C=O) groups is 2. The van der Waals surface area contributed by atoms with E-state index in [1.165, 1.54) is 5.56 Å². The van der Waals surface area contributed by atoms with Crippen molar-refractivity contribution in [3.8, 4) is 0 Å². The smallest absolute Gasteiger partial charge is 0.237 e. The number of amides is 2. The van der Waals surface area contributed by atoms with Crippen LogP contribution in [0.2, 0.25) is 0 Å². The first-order chi connectivity index (χ1) is 13.1. The van der Waals surface area contributed by atoms with Gasteiger partial charge in [-0.3, -0.25) is 14.5 Å². The first-order valence-corrected chi connectivity index (χ1v) is 10.5.